The van der Waals surface area contributed by atoms with Gasteiger partial charge in [0.15, 0.2) is 0 Å². The lowest BCUT2D eigenvalue weighted by Gasteiger charge is -2.13. The number of fused-ring (bicyclic) bond motifs is 1. The van der Waals surface area contributed by atoms with Crippen molar-refractivity contribution in [1.29, 1.82) is 0 Å². The first kappa shape index (κ1) is 15.0. The molecule has 0 fully saturated rings. The fraction of sp³-hybridized carbons (Fsp3) is 0.158. The molecule has 1 amide bonds. The van der Waals surface area contributed by atoms with E-state index in [2.05, 4.69) is 10.3 Å². The standard InChI is InChI=1S/C19H18N2O2/c1-13(19(22)21-17-7-9-20-10-8-17)14-3-4-16-12-18(23-2)6-5-15(16)11-14/h3-13H,1-2H3,(H,20,21,22)/t13-/m0/s1. The van der Waals surface area contributed by atoms with Crippen LogP contribution in [0.3, 0.4) is 0 Å². The second kappa shape index (κ2) is 6.48. The number of ether oxygens (including phenoxy) is 1. The summed E-state index contributed by atoms with van der Waals surface area (Å²) in [6, 6.07) is 15.5. The molecule has 2 aromatic carbocycles. The number of anilines is 1. The zero-order chi connectivity index (χ0) is 16.2. The van der Waals surface area contributed by atoms with Crippen molar-refractivity contribution in [3.63, 3.8) is 0 Å². The van der Waals surface area contributed by atoms with Gasteiger partial charge in [-0.15, -0.1) is 0 Å². The Morgan fingerprint density at radius 1 is 1.04 bits per heavy atom. The third kappa shape index (κ3) is 3.31. The van der Waals surface area contributed by atoms with Crippen LogP contribution in [0.4, 0.5) is 5.69 Å². The number of methoxy groups -OCH3 is 1. The maximum Gasteiger partial charge on any atom is 0.231 e. The molecular formula is C19H18N2O2. The topological polar surface area (TPSA) is 51.2 Å². The molecule has 23 heavy (non-hydrogen) atoms. The molecule has 0 spiro atoms. The van der Waals surface area contributed by atoms with Gasteiger partial charge in [0.2, 0.25) is 5.91 Å². The van der Waals surface area contributed by atoms with E-state index in [1.54, 1.807) is 31.6 Å². The molecule has 1 atom stereocenters. The number of carbonyl (C=O) groups excluding carboxylic acids is 1. The van der Waals surface area contributed by atoms with E-state index in [9.17, 15) is 4.79 Å². The first-order valence-corrected chi connectivity index (χ1v) is 7.46. The summed E-state index contributed by atoms with van der Waals surface area (Å²) in [5, 5.41) is 5.09. The molecule has 1 heterocycles. The molecule has 0 radical (unpaired) electrons. The lowest BCUT2D eigenvalue weighted by molar-refractivity contribution is -0.117. The molecule has 0 aliphatic heterocycles. The van der Waals surface area contributed by atoms with Crippen LogP contribution in [0.15, 0.2) is 60.9 Å². The Balaban J connectivity index is 1.82. The number of aromatic nitrogens is 1. The summed E-state index contributed by atoms with van der Waals surface area (Å²) in [5.74, 6) is 0.549. The summed E-state index contributed by atoms with van der Waals surface area (Å²) in [6.07, 6.45) is 3.31. The average Bonchev–Trinajstić information content (AvgIpc) is 2.61. The van der Waals surface area contributed by atoms with Crippen LogP contribution in [0.1, 0.15) is 18.4 Å². The van der Waals surface area contributed by atoms with Crippen molar-refractivity contribution in [2.45, 2.75) is 12.8 Å². The minimum Gasteiger partial charge on any atom is -0.497 e. The monoisotopic (exact) mass is 306 g/mol. The molecule has 0 saturated carbocycles. The number of hydrogen-bond acceptors (Lipinski definition) is 3. The normalized spacial score (nSPS) is 11.9. The first-order valence-electron chi connectivity index (χ1n) is 7.46. The van der Waals surface area contributed by atoms with E-state index in [-0.39, 0.29) is 11.8 Å². The maximum absolute atomic E-state index is 12.4. The van der Waals surface area contributed by atoms with Gasteiger partial charge in [0.1, 0.15) is 5.75 Å². The van der Waals surface area contributed by atoms with Gasteiger partial charge in [-0.3, -0.25) is 9.78 Å². The van der Waals surface area contributed by atoms with E-state index in [1.807, 2.05) is 43.3 Å². The number of pyridine rings is 1. The van der Waals surface area contributed by atoms with Gasteiger partial charge >= 0.3 is 0 Å². The predicted octanol–water partition coefficient (Wildman–Crippen LogP) is 3.99. The van der Waals surface area contributed by atoms with Crippen molar-refractivity contribution in [3.05, 3.63) is 66.5 Å². The zero-order valence-electron chi connectivity index (χ0n) is 13.1. The van der Waals surface area contributed by atoms with E-state index in [1.165, 1.54) is 0 Å². The SMILES string of the molecule is COc1ccc2cc([C@H](C)C(=O)Nc3ccncc3)ccc2c1. The van der Waals surface area contributed by atoms with Crippen LogP contribution in [0.5, 0.6) is 5.75 Å². The van der Waals surface area contributed by atoms with Gasteiger partial charge in [-0.2, -0.15) is 0 Å². The van der Waals surface area contributed by atoms with Gasteiger partial charge in [0, 0.05) is 18.1 Å². The van der Waals surface area contributed by atoms with E-state index in [4.69, 9.17) is 4.74 Å². The molecule has 4 nitrogen and oxygen atoms in total. The van der Waals surface area contributed by atoms with Gasteiger partial charge in [0.25, 0.3) is 0 Å². The first-order chi connectivity index (χ1) is 11.2. The number of hydrogen-bond donors (Lipinski definition) is 1. The number of benzene rings is 2. The number of rotatable bonds is 4. The summed E-state index contributed by atoms with van der Waals surface area (Å²) in [7, 11) is 1.65. The molecule has 0 unspecified atom stereocenters. The smallest absolute Gasteiger partial charge is 0.231 e. The summed E-state index contributed by atoms with van der Waals surface area (Å²) in [4.78, 5) is 16.3. The van der Waals surface area contributed by atoms with Crippen LogP contribution in [0, 0.1) is 0 Å². The largest absolute Gasteiger partial charge is 0.497 e. The second-order valence-electron chi connectivity index (χ2n) is 5.42. The van der Waals surface area contributed by atoms with Crippen molar-refractivity contribution in [3.8, 4) is 5.75 Å². The van der Waals surface area contributed by atoms with Crippen LogP contribution in [-0.4, -0.2) is 18.0 Å². The van der Waals surface area contributed by atoms with Crippen molar-refractivity contribution in [1.82, 2.24) is 4.98 Å². The molecule has 4 heteroatoms. The Morgan fingerprint density at radius 3 is 2.48 bits per heavy atom. The molecule has 3 aromatic rings. The maximum atomic E-state index is 12.4. The Hall–Kier alpha value is -2.88. The van der Waals surface area contributed by atoms with Crippen molar-refractivity contribution in [2.75, 3.05) is 12.4 Å². The fourth-order valence-corrected chi connectivity index (χ4v) is 2.48. The molecule has 116 valence electrons. The van der Waals surface area contributed by atoms with Crippen LogP contribution in [-0.2, 0) is 4.79 Å². The van der Waals surface area contributed by atoms with Crippen LogP contribution in [0.2, 0.25) is 0 Å². The fourth-order valence-electron chi connectivity index (χ4n) is 2.48. The molecule has 3 rings (SSSR count). The van der Waals surface area contributed by atoms with Crippen molar-refractivity contribution >= 4 is 22.4 Å². The van der Waals surface area contributed by atoms with Crippen molar-refractivity contribution in [2.24, 2.45) is 0 Å². The highest BCUT2D eigenvalue weighted by Crippen LogP contribution is 2.25. The third-order valence-electron chi connectivity index (χ3n) is 3.91. The second-order valence-corrected chi connectivity index (χ2v) is 5.42. The Kier molecular flexibility index (Phi) is 4.24. The van der Waals surface area contributed by atoms with Gasteiger partial charge in [0.05, 0.1) is 13.0 Å². The average molecular weight is 306 g/mol. The molecule has 0 aliphatic rings. The zero-order valence-corrected chi connectivity index (χ0v) is 13.1. The van der Waals surface area contributed by atoms with Crippen molar-refractivity contribution < 1.29 is 9.53 Å². The third-order valence-corrected chi connectivity index (χ3v) is 3.91. The highest BCUT2D eigenvalue weighted by Gasteiger charge is 2.15. The van der Waals surface area contributed by atoms with Gasteiger partial charge in [-0.25, -0.2) is 0 Å². The van der Waals surface area contributed by atoms with Crippen LogP contribution in [0.25, 0.3) is 10.8 Å². The Morgan fingerprint density at radius 2 is 1.74 bits per heavy atom. The lowest BCUT2D eigenvalue weighted by atomic mass is 9.97. The Labute approximate surface area is 135 Å². The van der Waals surface area contributed by atoms with Gasteiger partial charge in [-0.05, 0) is 47.5 Å². The number of carbonyl (C=O) groups is 1. The van der Waals surface area contributed by atoms with E-state index < -0.39 is 0 Å². The lowest BCUT2D eigenvalue weighted by Crippen LogP contribution is -2.18. The van der Waals surface area contributed by atoms with Gasteiger partial charge in [-0.1, -0.05) is 24.3 Å². The molecule has 0 bridgehead atoms. The summed E-state index contributed by atoms with van der Waals surface area (Å²) in [6.45, 7) is 1.90. The Bertz CT molecular complexity index is 831. The quantitative estimate of drug-likeness (QED) is 0.793. The number of nitrogens with one attached hydrogen (secondary N) is 1. The minimum absolute atomic E-state index is 0.0379. The predicted molar refractivity (Wildman–Crippen MR) is 91.8 cm³/mol. The van der Waals surface area contributed by atoms with Gasteiger partial charge < -0.3 is 10.1 Å². The molecule has 1 N–H and O–H groups in total. The molecule has 1 aromatic heterocycles. The van der Waals surface area contributed by atoms with E-state index in [0.29, 0.717) is 0 Å². The molecular weight excluding hydrogens is 288 g/mol. The van der Waals surface area contributed by atoms with Crippen LogP contribution < -0.4 is 10.1 Å². The number of nitrogens with zero attached hydrogens (tertiary/aromatic N) is 1. The van der Waals surface area contributed by atoms with Crippen LogP contribution >= 0.6 is 0 Å². The molecule has 0 aliphatic carbocycles. The minimum atomic E-state index is -0.241. The van der Waals surface area contributed by atoms with E-state index in [0.717, 1.165) is 27.8 Å². The highest BCUT2D eigenvalue weighted by atomic mass is 16.5. The number of amides is 1. The molecule has 0 saturated heterocycles. The summed E-state index contributed by atoms with van der Waals surface area (Å²) in [5.41, 5.74) is 1.73. The summed E-state index contributed by atoms with van der Waals surface area (Å²) < 4.78 is 5.24. The highest BCUT2D eigenvalue weighted by molar-refractivity contribution is 5.96. The summed E-state index contributed by atoms with van der Waals surface area (Å²) >= 11 is 0. The van der Waals surface area contributed by atoms with E-state index >= 15 is 0 Å².